The second-order valence-corrected chi connectivity index (χ2v) is 5.51. The number of nitrogens with one attached hydrogen (secondary N) is 1. The first-order valence-electron chi connectivity index (χ1n) is 7.81. The molecule has 0 aliphatic carbocycles. The maximum atomic E-state index is 12.7. The van der Waals surface area contributed by atoms with Gasteiger partial charge in [-0.05, 0) is 51.1 Å². The number of anilines is 1. The summed E-state index contributed by atoms with van der Waals surface area (Å²) in [5.74, 6) is -0.697. The molecular formula is C18H17N3O4. The molecule has 7 heteroatoms. The molecule has 0 bridgehead atoms. The van der Waals surface area contributed by atoms with E-state index in [2.05, 4.69) is 15.5 Å². The highest BCUT2D eigenvalue weighted by molar-refractivity contribution is 6.12. The third kappa shape index (κ3) is 3.35. The van der Waals surface area contributed by atoms with Crippen LogP contribution in [0.4, 0.5) is 5.69 Å². The molecule has 2 aromatic heterocycles. The molecule has 0 fully saturated rings. The van der Waals surface area contributed by atoms with Crippen LogP contribution in [0, 0.1) is 13.8 Å². The summed E-state index contributed by atoms with van der Waals surface area (Å²) < 4.78 is 10.1. The third-order valence-corrected chi connectivity index (χ3v) is 3.64. The molecule has 2 heterocycles. The van der Waals surface area contributed by atoms with Crippen LogP contribution in [0.5, 0.6) is 0 Å². The van der Waals surface area contributed by atoms with Crippen molar-refractivity contribution in [3.05, 3.63) is 52.8 Å². The minimum absolute atomic E-state index is 0.300. The highest BCUT2D eigenvalue weighted by Gasteiger charge is 2.18. The quantitative estimate of drug-likeness (QED) is 0.733. The molecular weight excluding hydrogens is 322 g/mol. The summed E-state index contributed by atoms with van der Waals surface area (Å²) in [4.78, 5) is 28.5. The van der Waals surface area contributed by atoms with E-state index in [0.29, 0.717) is 45.9 Å². The van der Waals surface area contributed by atoms with E-state index < -0.39 is 5.97 Å². The van der Waals surface area contributed by atoms with Crippen molar-refractivity contribution >= 4 is 28.7 Å². The van der Waals surface area contributed by atoms with Gasteiger partial charge >= 0.3 is 5.97 Å². The van der Waals surface area contributed by atoms with Crippen molar-refractivity contribution in [2.24, 2.45) is 0 Å². The number of carbonyl (C=O) groups is 2. The van der Waals surface area contributed by atoms with Gasteiger partial charge < -0.3 is 14.6 Å². The fourth-order valence-electron chi connectivity index (χ4n) is 2.50. The lowest BCUT2D eigenvalue weighted by molar-refractivity contribution is 0.0526. The minimum Gasteiger partial charge on any atom is -0.462 e. The zero-order chi connectivity index (χ0) is 18.0. The van der Waals surface area contributed by atoms with Crippen molar-refractivity contribution in [1.29, 1.82) is 0 Å². The van der Waals surface area contributed by atoms with Gasteiger partial charge in [0, 0.05) is 11.4 Å². The second kappa shape index (κ2) is 6.72. The number of ether oxygens (including phenoxy) is 1. The SMILES string of the molecule is CCOC(=O)c1ccc(NC(=O)c2cc(C)nc3onc(C)c23)cc1. The molecule has 0 aliphatic rings. The van der Waals surface area contributed by atoms with E-state index in [4.69, 9.17) is 9.26 Å². The van der Waals surface area contributed by atoms with Crippen LogP contribution < -0.4 is 5.32 Å². The Labute approximate surface area is 144 Å². The first-order chi connectivity index (χ1) is 12.0. The van der Waals surface area contributed by atoms with Crippen molar-refractivity contribution in [2.45, 2.75) is 20.8 Å². The van der Waals surface area contributed by atoms with E-state index in [9.17, 15) is 9.59 Å². The van der Waals surface area contributed by atoms with E-state index in [-0.39, 0.29) is 5.91 Å². The maximum Gasteiger partial charge on any atom is 0.338 e. The first kappa shape index (κ1) is 16.6. The number of benzene rings is 1. The smallest absolute Gasteiger partial charge is 0.338 e. The highest BCUT2D eigenvalue weighted by atomic mass is 16.5. The van der Waals surface area contributed by atoms with Gasteiger partial charge in [0.15, 0.2) is 0 Å². The number of rotatable bonds is 4. The summed E-state index contributed by atoms with van der Waals surface area (Å²) in [5, 5.41) is 7.26. The Bertz CT molecular complexity index is 945. The van der Waals surface area contributed by atoms with Gasteiger partial charge in [-0.25, -0.2) is 9.78 Å². The van der Waals surface area contributed by atoms with E-state index in [0.717, 1.165) is 0 Å². The molecule has 128 valence electrons. The molecule has 0 atom stereocenters. The Morgan fingerprint density at radius 2 is 1.92 bits per heavy atom. The van der Waals surface area contributed by atoms with Crippen LogP contribution in [-0.4, -0.2) is 28.6 Å². The van der Waals surface area contributed by atoms with Crippen molar-refractivity contribution in [3.63, 3.8) is 0 Å². The minimum atomic E-state index is -0.396. The summed E-state index contributed by atoms with van der Waals surface area (Å²) in [5.41, 5.74) is 3.03. The van der Waals surface area contributed by atoms with Crippen LogP contribution in [0.25, 0.3) is 11.1 Å². The Hall–Kier alpha value is -3.22. The van der Waals surface area contributed by atoms with Crippen molar-refractivity contribution in [3.8, 4) is 0 Å². The maximum absolute atomic E-state index is 12.7. The molecule has 3 rings (SSSR count). The Kier molecular flexibility index (Phi) is 4.47. The number of carbonyl (C=O) groups excluding carboxylic acids is 2. The molecule has 7 nitrogen and oxygen atoms in total. The average molecular weight is 339 g/mol. The summed E-state index contributed by atoms with van der Waals surface area (Å²) in [6, 6.07) is 8.19. The molecule has 1 amide bonds. The summed E-state index contributed by atoms with van der Waals surface area (Å²) in [7, 11) is 0. The molecule has 3 aromatic rings. The van der Waals surface area contributed by atoms with Gasteiger partial charge in [-0.2, -0.15) is 0 Å². The number of esters is 1. The standard InChI is InChI=1S/C18H17N3O4/c1-4-24-18(23)12-5-7-13(8-6-12)20-16(22)14-9-10(2)19-17-15(14)11(3)21-25-17/h5-9H,4H2,1-3H3,(H,20,22). The second-order valence-electron chi connectivity index (χ2n) is 5.51. The van der Waals surface area contributed by atoms with Gasteiger partial charge in [-0.15, -0.1) is 0 Å². The molecule has 0 aliphatic heterocycles. The number of aryl methyl sites for hydroxylation is 2. The average Bonchev–Trinajstić information content (AvgIpc) is 2.96. The number of hydrogen-bond acceptors (Lipinski definition) is 6. The molecule has 1 aromatic carbocycles. The van der Waals surface area contributed by atoms with E-state index >= 15 is 0 Å². The topological polar surface area (TPSA) is 94.3 Å². The monoisotopic (exact) mass is 339 g/mol. The van der Waals surface area contributed by atoms with Gasteiger partial charge in [0.2, 0.25) is 0 Å². The Morgan fingerprint density at radius 1 is 1.20 bits per heavy atom. The van der Waals surface area contributed by atoms with Gasteiger partial charge in [-0.1, -0.05) is 5.16 Å². The van der Waals surface area contributed by atoms with Gasteiger partial charge in [-0.3, -0.25) is 4.79 Å². The lowest BCUT2D eigenvalue weighted by Gasteiger charge is -2.08. The van der Waals surface area contributed by atoms with E-state index in [1.165, 1.54) is 0 Å². The molecule has 1 N–H and O–H groups in total. The summed E-state index contributed by atoms with van der Waals surface area (Å²) in [6.45, 7) is 5.60. The third-order valence-electron chi connectivity index (χ3n) is 3.64. The van der Waals surface area contributed by atoms with Crippen LogP contribution >= 0.6 is 0 Å². The number of hydrogen-bond donors (Lipinski definition) is 1. The Balaban J connectivity index is 1.85. The number of nitrogens with zero attached hydrogens (tertiary/aromatic N) is 2. The molecule has 0 saturated carbocycles. The zero-order valence-corrected chi connectivity index (χ0v) is 14.1. The van der Waals surface area contributed by atoms with Gasteiger partial charge in [0.25, 0.3) is 11.6 Å². The van der Waals surface area contributed by atoms with E-state index in [1.807, 2.05) is 0 Å². The van der Waals surface area contributed by atoms with Gasteiger partial charge in [0.05, 0.1) is 28.8 Å². The summed E-state index contributed by atoms with van der Waals surface area (Å²) in [6.07, 6.45) is 0. The first-order valence-corrected chi connectivity index (χ1v) is 7.81. The fraction of sp³-hybridized carbons (Fsp3) is 0.222. The number of aromatic nitrogens is 2. The molecule has 0 saturated heterocycles. The van der Waals surface area contributed by atoms with Crippen LogP contribution in [0.15, 0.2) is 34.9 Å². The highest BCUT2D eigenvalue weighted by Crippen LogP contribution is 2.23. The molecule has 0 radical (unpaired) electrons. The van der Waals surface area contributed by atoms with Crippen LogP contribution in [0.2, 0.25) is 0 Å². The van der Waals surface area contributed by atoms with Crippen molar-refractivity contribution in [2.75, 3.05) is 11.9 Å². The fourth-order valence-corrected chi connectivity index (χ4v) is 2.50. The zero-order valence-electron chi connectivity index (χ0n) is 14.1. The largest absolute Gasteiger partial charge is 0.462 e. The Morgan fingerprint density at radius 3 is 2.60 bits per heavy atom. The normalized spacial score (nSPS) is 10.7. The number of amides is 1. The molecule has 0 spiro atoms. The van der Waals surface area contributed by atoms with Gasteiger partial charge in [0.1, 0.15) is 0 Å². The van der Waals surface area contributed by atoms with Crippen molar-refractivity contribution < 1.29 is 18.8 Å². The summed E-state index contributed by atoms with van der Waals surface area (Å²) >= 11 is 0. The predicted octanol–water partition coefficient (Wildman–Crippen LogP) is 3.27. The van der Waals surface area contributed by atoms with Crippen LogP contribution in [0.3, 0.4) is 0 Å². The molecule has 25 heavy (non-hydrogen) atoms. The van der Waals surface area contributed by atoms with Crippen LogP contribution in [0.1, 0.15) is 39.0 Å². The molecule has 0 unspecified atom stereocenters. The van der Waals surface area contributed by atoms with Crippen molar-refractivity contribution in [1.82, 2.24) is 10.1 Å². The lowest BCUT2D eigenvalue weighted by atomic mass is 10.1. The van der Waals surface area contributed by atoms with E-state index in [1.54, 1.807) is 51.1 Å². The number of fused-ring (bicyclic) bond motifs is 1. The number of pyridine rings is 1. The lowest BCUT2D eigenvalue weighted by Crippen LogP contribution is -2.13. The predicted molar refractivity (Wildman–Crippen MR) is 91.6 cm³/mol. The van der Waals surface area contributed by atoms with Crippen LogP contribution in [-0.2, 0) is 4.74 Å².